The largest absolute Gasteiger partial charge is 0.493 e. The van der Waals surface area contributed by atoms with E-state index >= 15 is 0 Å². The van der Waals surface area contributed by atoms with Crippen molar-refractivity contribution in [1.82, 2.24) is 20.0 Å². The van der Waals surface area contributed by atoms with Crippen LogP contribution in [0.15, 0.2) is 47.6 Å². The molecule has 176 valence electrons. The number of fused-ring (bicyclic) bond motifs is 2. The van der Waals surface area contributed by atoms with Gasteiger partial charge in [-0.3, -0.25) is 4.79 Å². The van der Waals surface area contributed by atoms with Crippen LogP contribution >= 0.6 is 0 Å². The average Bonchev–Trinajstić information content (AvgIpc) is 3.10. The Morgan fingerprint density at radius 2 is 1.82 bits per heavy atom. The van der Waals surface area contributed by atoms with Crippen LogP contribution in [0.2, 0.25) is 0 Å². The highest BCUT2D eigenvalue weighted by Crippen LogP contribution is 2.29. The molecule has 2 aromatic heterocycles. The number of amides is 1. The quantitative estimate of drug-likeness (QED) is 0.386. The number of nitrogens with zero attached hydrogens (tertiary/aromatic N) is 4. The number of aromatic nitrogens is 3. The van der Waals surface area contributed by atoms with Crippen molar-refractivity contribution in [3.63, 3.8) is 0 Å². The van der Waals surface area contributed by atoms with Crippen molar-refractivity contribution < 1.29 is 14.3 Å². The number of nitrogens with two attached hydrogens (primary N) is 1. The summed E-state index contributed by atoms with van der Waals surface area (Å²) in [6, 6.07) is 12.9. The van der Waals surface area contributed by atoms with E-state index < -0.39 is 0 Å². The number of ether oxygens (including phenoxy) is 2. The summed E-state index contributed by atoms with van der Waals surface area (Å²) in [5, 5.41) is 7.49. The number of para-hydroxylation sites is 2. The van der Waals surface area contributed by atoms with Crippen LogP contribution in [0.1, 0.15) is 36.2 Å². The molecule has 0 radical (unpaired) electrons. The Bertz CT molecular complexity index is 1380. The van der Waals surface area contributed by atoms with Crippen molar-refractivity contribution in [2.24, 2.45) is 11.0 Å². The van der Waals surface area contributed by atoms with Crippen LogP contribution < -0.4 is 20.5 Å². The maximum absolute atomic E-state index is 13.1. The molecule has 3 N–H and O–H groups in total. The Balaban J connectivity index is 1.81. The van der Waals surface area contributed by atoms with E-state index in [1.165, 1.54) is 4.68 Å². The van der Waals surface area contributed by atoms with E-state index in [1.807, 2.05) is 30.3 Å². The molecule has 2 aromatic carbocycles. The molecule has 0 saturated carbocycles. The molecule has 4 aromatic rings. The van der Waals surface area contributed by atoms with E-state index in [-0.39, 0.29) is 17.3 Å². The fraction of sp³-hybridized carbons (Fsp3) is 0.280. The van der Waals surface area contributed by atoms with Gasteiger partial charge in [0.1, 0.15) is 16.9 Å². The van der Waals surface area contributed by atoms with Gasteiger partial charge in [0.15, 0.2) is 17.1 Å². The van der Waals surface area contributed by atoms with E-state index in [0.29, 0.717) is 46.2 Å². The number of hydrogen-bond donors (Lipinski definition) is 2. The molecule has 4 rings (SSSR count). The number of nitrogens with one attached hydrogen (secondary N) is 1. The molecule has 0 saturated heterocycles. The normalized spacial score (nSPS) is 11.6. The van der Waals surface area contributed by atoms with Crippen LogP contribution in [0, 0.1) is 5.92 Å². The molecule has 2 heterocycles. The topological polar surface area (TPSA) is 117 Å². The third-order valence-corrected chi connectivity index (χ3v) is 5.44. The molecule has 0 spiro atoms. The second-order valence-corrected chi connectivity index (χ2v) is 8.25. The lowest BCUT2D eigenvalue weighted by Gasteiger charge is -2.08. The summed E-state index contributed by atoms with van der Waals surface area (Å²) in [6.07, 6.45) is 2.48. The third-order valence-electron chi connectivity index (χ3n) is 5.44. The minimum Gasteiger partial charge on any atom is -0.493 e. The minimum absolute atomic E-state index is 0.170. The Morgan fingerprint density at radius 1 is 1.12 bits per heavy atom. The van der Waals surface area contributed by atoms with Gasteiger partial charge in [-0.05, 0) is 48.2 Å². The second kappa shape index (κ2) is 9.78. The van der Waals surface area contributed by atoms with Crippen LogP contribution in [0.5, 0.6) is 11.5 Å². The zero-order chi connectivity index (χ0) is 24.2. The molecular weight excluding hydrogens is 432 g/mol. The number of carbonyl (C=O) groups is 1. The zero-order valence-corrected chi connectivity index (χ0v) is 19.7. The van der Waals surface area contributed by atoms with Gasteiger partial charge in [0.25, 0.3) is 5.91 Å². The first-order valence-corrected chi connectivity index (χ1v) is 11.0. The van der Waals surface area contributed by atoms with E-state index in [9.17, 15) is 4.79 Å². The van der Waals surface area contributed by atoms with E-state index in [1.54, 1.807) is 32.6 Å². The van der Waals surface area contributed by atoms with Crippen LogP contribution in [-0.4, -0.2) is 47.5 Å². The molecule has 0 atom stereocenters. The van der Waals surface area contributed by atoms with Gasteiger partial charge in [0.2, 0.25) is 0 Å². The second-order valence-electron chi connectivity index (χ2n) is 8.25. The van der Waals surface area contributed by atoms with Crippen LogP contribution in [0.25, 0.3) is 22.2 Å². The summed E-state index contributed by atoms with van der Waals surface area (Å²) in [5.74, 6) is 1.53. The minimum atomic E-state index is -0.298. The monoisotopic (exact) mass is 460 g/mol. The lowest BCUT2D eigenvalue weighted by Crippen LogP contribution is -2.26. The van der Waals surface area contributed by atoms with Gasteiger partial charge in [-0.1, -0.05) is 26.0 Å². The number of hydrogen-bond acceptors (Lipinski definition) is 7. The average molecular weight is 461 g/mol. The number of anilines is 1. The fourth-order valence-electron chi connectivity index (χ4n) is 3.61. The summed E-state index contributed by atoms with van der Waals surface area (Å²) >= 11 is 0. The first-order valence-electron chi connectivity index (χ1n) is 11.0. The third kappa shape index (κ3) is 4.50. The van der Waals surface area contributed by atoms with Gasteiger partial charge < -0.3 is 20.5 Å². The molecule has 9 heteroatoms. The predicted octanol–water partition coefficient (Wildman–Crippen LogP) is 3.84. The van der Waals surface area contributed by atoms with Crippen molar-refractivity contribution in [3.05, 3.63) is 53.6 Å². The van der Waals surface area contributed by atoms with Crippen molar-refractivity contribution in [1.29, 1.82) is 0 Å². The van der Waals surface area contributed by atoms with Crippen LogP contribution in [0.3, 0.4) is 0 Å². The van der Waals surface area contributed by atoms with Gasteiger partial charge in [-0.25, -0.2) is 9.97 Å². The standard InChI is InChI=1S/C25H28N6O3/c1-15(2)11-12-27-25(32)21-22-24(30-18-8-6-5-7-17(18)29-22)31(23(21)26)28-14-16-9-10-19(33-3)20(13-16)34-4/h5-10,13-15H,11-12,26H2,1-4H3,(H,27,32)/b28-14+. The fourth-order valence-corrected chi connectivity index (χ4v) is 3.61. The molecule has 0 aliphatic carbocycles. The molecule has 0 bridgehead atoms. The summed E-state index contributed by atoms with van der Waals surface area (Å²) < 4.78 is 12.1. The van der Waals surface area contributed by atoms with E-state index in [0.717, 1.165) is 12.0 Å². The van der Waals surface area contributed by atoms with Gasteiger partial charge >= 0.3 is 0 Å². The molecular formula is C25H28N6O3. The predicted molar refractivity (Wildman–Crippen MR) is 134 cm³/mol. The van der Waals surface area contributed by atoms with Crippen LogP contribution in [-0.2, 0) is 0 Å². The summed E-state index contributed by atoms with van der Waals surface area (Å²) in [7, 11) is 3.15. The van der Waals surface area contributed by atoms with Gasteiger partial charge in [-0.2, -0.15) is 9.78 Å². The van der Waals surface area contributed by atoms with Crippen molar-refractivity contribution in [3.8, 4) is 11.5 Å². The summed E-state index contributed by atoms with van der Waals surface area (Å²) in [4.78, 5) is 22.5. The SMILES string of the molecule is COc1ccc(/C=N/n2c(N)c(C(=O)NCCC(C)C)c3nc4ccccc4nc32)cc1OC. The first-order chi connectivity index (χ1) is 16.4. The number of nitrogen functional groups attached to an aromatic ring is 1. The van der Waals surface area contributed by atoms with Crippen molar-refractivity contribution in [2.75, 3.05) is 26.5 Å². The first kappa shape index (κ1) is 23.0. The van der Waals surface area contributed by atoms with Gasteiger partial charge in [-0.15, -0.1) is 0 Å². The Hall–Kier alpha value is -4.14. The van der Waals surface area contributed by atoms with Crippen molar-refractivity contribution in [2.45, 2.75) is 20.3 Å². The maximum atomic E-state index is 13.1. The Morgan fingerprint density at radius 3 is 2.50 bits per heavy atom. The molecule has 34 heavy (non-hydrogen) atoms. The highest BCUT2D eigenvalue weighted by molar-refractivity contribution is 6.10. The number of methoxy groups -OCH3 is 2. The van der Waals surface area contributed by atoms with E-state index in [2.05, 4.69) is 24.3 Å². The van der Waals surface area contributed by atoms with Crippen LogP contribution in [0.4, 0.5) is 5.82 Å². The molecule has 1 amide bonds. The van der Waals surface area contributed by atoms with Gasteiger partial charge in [0.05, 0.1) is 31.5 Å². The number of carbonyl (C=O) groups excluding carboxylic acids is 1. The molecule has 0 aliphatic rings. The molecule has 0 unspecified atom stereocenters. The molecule has 0 fully saturated rings. The smallest absolute Gasteiger partial charge is 0.257 e. The highest BCUT2D eigenvalue weighted by Gasteiger charge is 2.24. The Labute approximate surface area is 197 Å². The Kier molecular flexibility index (Phi) is 6.62. The van der Waals surface area contributed by atoms with E-state index in [4.69, 9.17) is 25.2 Å². The number of benzene rings is 2. The molecule has 0 aliphatic heterocycles. The number of rotatable bonds is 8. The zero-order valence-electron chi connectivity index (χ0n) is 19.7. The lowest BCUT2D eigenvalue weighted by molar-refractivity contribution is 0.0954. The summed E-state index contributed by atoms with van der Waals surface area (Å²) in [6.45, 7) is 4.75. The highest BCUT2D eigenvalue weighted by atomic mass is 16.5. The lowest BCUT2D eigenvalue weighted by atomic mass is 10.1. The summed E-state index contributed by atoms with van der Waals surface area (Å²) in [5.41, 5.74) is 9.63. The van der Waals surface area contributed by atoms with Crippen molar-refractivity contribution >= 4 is 40.1 Å². The molecule has 9 nitrogen and oxygen atoms in total. The maximum Gasteiger partial charge on any atom is 0.257 e. The van der Waals surface area contributed by atoms with Gasteiger partial charge in [0, 0.05) is 6.54 Å².